The minimum Gasteiger partial charge on any atom is -0.497 e. The van der Waals surface area contributed by atoms with Crippen molar-refractivity contribution in [3.05, 3.63) is 107 Å². The van der Waals surface area contributed by atoms with Crippen molar-refractivity contribution in [3.63, 3.8) is 0 Å². The van der Waals surface area contributed by atoms with Crippen LogP contribution in [0.1, 0.15) is 16.7 Å². The fourth-order valence-electron chi connectivity index (χ4n) is 4.61. The molecule has 9 heteroatoms. The van der Waals surface area contributed by atoms with Gasteiger partial charge in [0, 0.05) is 17.6 Å². The lowest BCUT2D eigenvalue weighted by Gasteiger charge is -2.26. The molecule has 0 aromatic heterocycles. The number of ether oxygens (including phenoxy) is 5. The first-order valence-corrected chi connectivity index (χ1v) is 12.2. The van der Waals surface area contributed by atoms with Gasteiger partial charge in [-0.05, 0) is 53.6 Å². The first kappa shape index (κ1) is 26.1. The zero-order valence-corrected chi connectivity index (χ0v) is 21.7. The van der Waals surface area contributed by atoms with Crippen molar-refractivity contribution >= 4 is 5.97 Å². The summed E-state index contributed by atoms with van der Waals surface area (Å²) >= 11 is 0. The van der Waals surface area contributed by atoms with E-state index in [0.717, 1.165) is 5.56 Å². The Balaban J connectivity index is 1.57. The molecular weight excluding hydrogens is 504 g/mol. The fourth-order valence-corrected chi connectivity index (χ4v) is 4.61. The van der Waals surface area contributed by atoms with E-state index < -0.39 is 17.9 Å². The molecule has 9 nitrogen and oxygen atoms in total. The summed E-state index contributed by atoms with van der Waals surface area (Å²) in [5.74, 6) is -0.893. The lowest BCUT2D eigenvalue weighted by atomic mass is 9.88. The van der Waals surface area contributed by atoms with Crippen molar-refractivity contribution in [1.29, 1.82) is 0 Å². The van der Waals surface area contributed by atoms with E-state index in [2.05, 4.69) is 0 Å². The molecule has 0 radical (unpaired) electrons. The highest BCUT2D eigenvalue weighted by atomic mass is 17.2. The number of carbonyl (C=O) groups excluding carboxylic acids is 1. The first-order chi connectivity index (χ1) is 19.0. The third kappa shape index (κ3) is 5.14. The van der Waals surface area contributed by atoms with Gasteiger partial charge in [-0.2, -0.15) is 4.89 Å². The van der Waals surface area contributed by atoms with Gasteiger partial charge < -0.3 is 33.7 Å². The van der Waals surface area contributed by atoms with Crippen LogP contribution >= 0.6 is 0 Å². The summed E-state index contributed by atoms with van der Waals surface area (Å²) in [6.07, 6.45) is 2.14. The van der Waals surface area contributed by atoms with E-state index in [1.165, 1.54) is 20.5 Å². The van der Waals surface area contributed by atoms with Crippen LogP contribution in [-0.2, 0) is 38.1 Å². The molecule has 0 bridgehead atoms. The molecule has 2 heterocycles. The molecule has 0 aliphatic carbocycles. The lowest BCUT2D eigenvalue weighted by molar-refractivity contribution is -0.244. The molecule has 0 spiro atoms. The third-order valence-electron chi connectivity index (χ3n) is 6.55. The number of hydrogen-bond acceptors (Lipinski definition) is 9. The normalized spacial score (nSPS) is 20.0. The van der Waals surface area contributed by atoms with Gasteiger partial charge in [-0.3, -0.25) is 0 Å². The molecule has 2 aliphatic heterocycles. The number of rotatable bonds is 10. The molecule has 202 valence electrons. The van der Waals surface area contributed by atoms with Crippen LogP contribution < -0.4 is 18.9 Å². The summed E-state index contributed by atoms with van der Waals surface area (Å²) in [6, 6.07) is 19.9. The summed E-state index contributed by atoms with van der Waals surface area (Å²) in [6.45, 7) is 0.299. The number of esters is 1. The quantitative estimate of drug-likeness (QED) is 0.301. The van der Waals surface area contributed by atoms with Crippen LogP contribution in [0.2, 0.25) is 0 Å². The van der Waals surface area contributed by atoms with Crippen molar-refractivity contribution in [3.8, 4) is 23.0 Å². The second-order valence-electron chi connectivity index (χ2n) is 8.88. The molecule has 3 aromatic carbocycles. The standard InChI is InChI=1S/C30H28O9/c1-33-22-11-9-21(10-12-22)30(32)23(27(29(31)38-30)24-13-14-37-39-24)15-20-16-25(34-2)28(35-3)26(17-20)36-18-19-7-5-4-6-8-19/h4-14,16-17,24,32H,15,18H2,1-3H3. The summed E-state index contributed by atoms with van der Waals surface area (Å²) in [5.41, 5.74) is 2.44. The van der Waals surface area contributed by atoms with Gasteiger partial charge in [-0.15, -0.1) is 0 Å². The van der Waals surface area contributed by atoms with Crippen LogP contribution in [0.25, 0.3) is 0 Å². The second kappa shape index (κ2) is 11.1. The predicted molar refractivity (Wildman–Crippen MR) is 139 cm³/mol. The molecule has 39 heavy (non-hydrogen) atoms. The number of aliphatic hydroxyl groups is 1. The van der Waals surface area contributed by atoms with Crippen molar-refractivity contribution in [2.45, 2.75) is 24.9 Å². The summed E-state index contributed by atoms with van der Waals surface area (Å²) < 4.78 is 28.1. The van der Waals surface area contributed by atoms with Crippen LogP contribution in [0.5, 0.6) is 23.0 Å². The average Bonchev–Trinajstić information content (AvgIpc) is 3.58. The monoisotopic (exact) mass is 532 g/mol. The molecule has 1 N–H and O–H groups in total. The molecule has 0 fully saturated rings. The summed E-state index contributed by atoms with van der Waals surface area (Å²) in [7, 11) is 4.60. The largest absolute Gasteiger partial charge is 0.497 e. The predicted octanol–water partition coefficient (Wildman–Crippen LogP) is 4.38. The Morgan fingerprint density at radius 2 is 1.64 bits per heavy atom. The van der Waals surface area contributed by atoms with Crippen LogP contribution in [0, 0.1) is 0 Å². The topological polar surface area (TPSA) is 102 Å². The van der Waals surface area contributed by atoms with Crippen molar-refractivity contribution in [2.75, 3.05) is 21.3 Å². The second-order valence-corrected chi connectivity index (χ2v) is 8.88. The Kier molecular flexibility index (Phi) is 7.44. The molecule has 0 saturated heterocycles. The maximum absolute atomic E-state index is 13.1. The third-order valence-corrected chi connectivity index (χ3v) is 6.55. The van der Waals surface area contributed by atoms with Gasteiger partial charge in [0.15, 0.2) is 17.6 Å². The van der Waals surface area contributed by atoms with E-state index in [1.54, 1.807) is 49.6 Å². The summed E-state index contributed by atoms with van der Waals surface area (Å²) in [4.78, 5) is 23.3. The van der Waals surface area contributed by atoms with Crippen LogP contribution in [0.15, 0.2) is 90.2 Å². The molecule has 2 unspecified atom stereocenters. The minimum absolute atomic E-state index is 0.0966. The molecular formula is C30H28O9. The zero-order valence-electron chi connectivity index (χ0n) is 21.7. The van der Waals surface area contributed by atoms with Gasteiger partial charge in [-0.25, -0.2) is 4.79 Å². The van der Waals surface area contributed by atoms with Gasteiger partial charge in [0.25, 0.3) is 5.79 Å². The molecule has 0 saturated carbocycles. The maximum atomic E-state index is 13.1. The Morgan fingerprint density at radius 1 is 0.897 bits per heavy atom. The molecule has 2 atom stereocenters. The lowest BCUT2D eigenvalue weighted by Crippen LogP contribution is -2.29. The van der Waals surface area contributed by atoms with E-state index in [4.69, 9.17) is 33.5 Å². The maximum Gasteiger partial charge on any atom is 0.340 e. The van der Waals surface area contributed by atoms with Crippen molar-refractivity contribution < 1.29 is 43.4 Å². The van der Waals surface area contributed by atoms with Crippen molar-refractivity contribution in [1.82, 2.24) is 0 Å². The van der Waals surface area contributed by atoms with E-state index in [1.807, 2.05) is 30.3 Å². The number of hydrogen-bond donors (Lipinski definition) is 1. The molecule has 2 aliphatic rings. The molecule has 3 aromatic rings. The highest BCUT2D eigenvalue weighted by Gasteiger charge is 2.50. The fraction of sp³-hybridized carbons (Fsp3) is 0.233. The van der Waals surface area contributed by atoms with Gasteiger partial charge in [-0.1, -0.05) is 30.3 Å². The van der Waals surface area contributed by atoms with Gasteiger partial charge in [0.05, 0.1) is 26.9 Å². The van der Waals surface area contributed by atoms with E-state index >= 15 is 0 Å². The zero-order chi connectivity index (χ0) is 27.4. The van der Waals surface area contributed by atoms with Crippen LogP contribution in [-0.4, -0.2) is 38.5 Å². The highest BCUT2D eigenvalue weighted by molar-refractivity contribution is 5.94. The average molecular weight is 533 g/mol. The number of cyclic esters (lactones) is 1. The smallest absolute Gasteiger partial charge is 0.340 e. The first-order valence-electron chi connectivity index (χ1n) is 12.2. The number of carbonyl (C=O) groups is 1. The SMILES string of the molecule is COc1ccc(C2(O)OC(=O)C(C3C=COO3)=C2Cc2cc(OC)c(OC)c(OCc3ccccc3)c2)cc1. The van der Waals surface area contributed by atoms with E-state index in [9.17, 15) is 9.90 Å². The van der Waals surface area contributed by atoms with Gasteiger partial charge >= 0.3 is 5.97 Å². The van der Waals surface area contributed by atoms with Crippen LogP contribution in [0.4, 0.5) is 0 Å². The highest BCUT2D eigenvalue weighted by Crippen LogP contribution is 2.46. The van der Waals surface area contributed by atoms with E-state index in [-0.39, 0.29) is 12.0 Å². The number of methoxy groups -OCH3 is 3. The molecule has 0 amide bonds. The minimum atomic E-state index is -2.06. The Morgan fingerprint density at radius 3 is 2.28 bits per heavy atom. The van der Waals surface area contributed by atoms with E-state index in [0.29, 0.717) is 46.3 Å². The number of benzene rings is 3. The Labute approximate surface area is 225 Å². The van der Waals surface area contributed by atoms with Crippen molar-refractivity contribution in [2.24, 2.45) is 0 Å². The Bertz CT molecular complexity index is 1400. The molecule has 5 rings (SSSR count). The van der Waals surface area contributed by atoms with Crippen LogP contribution in [0.3, 0.4) is 0 Å². The Hall–Kier alpha value is -4.47. The summed E-state index contributed by atoms with van der Waals surface area (Å²) in [5, 5.41) is 11.8. The van der Waals surface area contributed by atoms with Gasteiger partial charge in [0.1, 0.15) is 18.6 Å². The van der Waals surface area contributed by atoms with Gasteiger partial charge in [0.2, 0.25) is 5.75 Å².